The molecule has 0 saturated carbocycles. The number of rotatable bonds is 0. The van der Waals surface area contributed by atoms with Crippen molar-refractivity contribution < 1.29 is 9.90 Å². The van der Waals surface area contributed by atoms with Crippen LogP contribution in [-0.4, -0.2) is 35.9 Å². The zero-order valence-corrected chi connectivity index (χ0v) is 6.00. The number of hydrogen-bond donors (Lipinski definition) is 1. The second-order valence-electron chi connectivity index (χ2n) is 2.57. The van der Waals surface area contributed by atoms with E-state index in [9.17, 15) is 4.79 Å². The van der Waals surface area contributed by atoms with E-state index in [-0.39, 0.29) is 5.78 Å². The Kier molecular flexibility index (Phi) is 2.06. The molecule has 0 aromatic carbocycles. The monoisotopic (exact) mass is 141 g/mol. The number of aliphatic hydroxyl groups excluding tert-OH is 1. The van der Waals surface area contributed by atoms with E-state index in [4.69, 9.17) is 5.11 Å². The molecule has 0 amide bonds. The first-order valence-electron chi connectivity index (χ1n) is 3.29. The van der Waals surface area contributed by atoms with Crippen LogP contribution in [0.25, 0.3) is 0 Å². The van der Waals surface area contributed by atoms with E-state index in [1.165, 1.54) is 0 Å². The van der Waals surface area contributed by atoms with Gasteiger partial charge in [0.25, 0.3) is 0 Å². The van der Waals surface area contributed by atoms with Gasteiger partial charge in [-0.2, -0.15) is 0 Å². The third-order valence-corrected chi connectivity index (χ3v) is 1.67. The van der Waals surface area contributed by atoms with Crippen molar-refractivity contribution >= 4 is 5.78 Å². The number of aliphatic hydroxyl groups is 1. The van der Waals surface area contributed by atoms with Crippen molar-refractivity contribution in [3.8, 4) is 0 Å². The highest BCUT2D eigenvalue weighted by Gasteiger charge is 2.17. The van der Waals surface area contributed by atoms with Crippen molar-refractivity contribution in [2.75, 3.05) is 20.1 Å². The summed E-state index contributed by atoms with van der Waals surface area (Å²) in [6, 6.07) is 0. The molecular formula is C7H11NO2. The Morgan fingerprint density at radius 1 is 1.70 bits per heavy atom. The summed E-state index contributed by atoms with van der Waals surface area (Å²) in [5.74, 6) is 0.0700. The van der Waals surface area contributed by atoms with Gasteiger partial charge < -0.3 is 10.0 Å². The lowest BCUT2D eigenvalue weighted by Gasteiger charge is -2.22. The molecule has 0 atom stereocenters. The lowest BCUT2D eigenvalue weighted by atomic mass is 10.1. The van der Waals surface area contributed by atoms with E-state index in [1.807, 2.05) is 11.9 Å². The quantitative estimate of drug-likeness (QED) is 0.390. The van der Waals surface area contributed by atoms with Crippen LogP contribution in [0.5, 0.6) is 0 Å². The van der Waals surface area contributed by atoms with Crippen molar-refractivity contribution in [2.45, 2.75) is 6.42 Å². The second kappa shape index (κ2) is 2.84. The minimum Gasteiger partial charge on any atom is -0.515 e. The van der Waals surface area contributed by atoms with E-state index in [1.54, 1.807) is 0 Å². The van der Waals surface area contributed by atoms with Gasteiger partial charge in [0.2, 0.25) is 0 Å². The van der Waals surface area contributed by atoms with Crippen LogP contribution in [0.15, 0.2) is 11.8 Å². The summed E-state index contributed by atoms with van der Waals surface area (Å²) in [6.45, 7) is 1.38. The molecule has 0 unspecified atom stereocenters. The summed E-state index contributed by atoms with van der Waals surface area (Å²) in [7, 11) is 1.93. The van der Waals surface area contributed by atoms with Gasteiger partial charge in [0, 0.05) is 25.1 Å². The third-order valence-electron chi connectivity index (χ3n) is 1.67. The Bertz CT molecular complexity index is 174. The summed E-state index contributed by atoms with van der Waals surface area (Å²) in [5.41, 5.74) is 0.522. The minimum absolute atomic E-state index is 0.0700. The SMILES string of the molecule is CN1CCC(=O)/C(=C/O)C1. The Hall–Kier alpha value is -0.830. The molecular weight excluding hydrogens is 130 g/mol. The van der Waals surface area contributed by atoms with Crippen LogP contribution in [-0.2, 0) is 4.79 Å². The number of likely N-dealkylation sites (N-methyl/N-ethyl adjacent to an activating group) is 1. The van der Waals surface area contributed by atoms with Crippen LogP contribution in [0.1, 0.15) is 6.42 Å². The molecule has 1 fully saturated rings. The standard InChI is InChI=1S/C7H11NO2/c1-8-3-2-7(10)6(4-8)5-9/h5,9H,2-4H2,1H3/b6-5+. The lowest BCUT2D eigenvalue weighted by molar-refractivity contribution is -0.117. The molecule has 10 heavy (non-hydrogen) atoms. The second-order valence-corrected chi connectivity index (χ2v) is 2.57. The Labute approximate surface area is 59.9 Å². The number of likely N-dealkylation sites (tertiary alicyclic amines) is 1. The van der Waals surface area contributed by atoms with Crippen molar-refractivity contribution in [1.82, 2.24) is 4.90 Å². The van der Waals surface area contributed by atoms with Gasteiger partial charge in [-0.25, -0.2) is 0 Å². The number of nitrogens with zero attached hydrogens (tertiary/aromatic N) is 1. The molecule has 0 bridgehead atoms. The minimum atomic E-state index is 0.0700. The molecule has 0 aromatic rings. The van der Waals surface area contributed by atoms with Gasteiger partial charge in [0.1, 0.15) is 0 Å². The van der Waals surface area contributed by atoms with Crippen LogP contribution in [0.4, 0.5) is 0 Å². The van der Waals surface area contributed by atoms with E-state index < -0.39 is 0 Å². The molecule has 1 aliphatic heterocycles. The number of piperidine rings is 1. The molecule has 0 spiro atoms. The summed E-state index contributed by atoms with van der Waals surface area (Å²) >= 11 is 0. The van der Waals surface area contributed by atoms with E-state index >= 15 is 0 Å². The predicted molar refractivity (Wildman–Crippen MR) is 37.8 cm³/mol. The molecule has 3 heteroatoms. The van der Waals surface area contributed by atoms with Gasteiger partial charge in [0.15, 0.2) is 5.78 Å². The van der Waals surface area contributed by atoms with E-state index in [0.29, 0.717) is 18.5 Å². The molecule has 0 radical (unpaired) electrons. The first kappa shape index (κ1) is 7.28. The summed E-state index contributed by atoms with van der Waals surface area (Å²) < 4.78 is 0. The molecule has 56 valence electrons. The number of carbonyl (C=O) groups is 1. The summed E-state index contributed by atoms with van der Waals surface area (Å²) in [6.07, 6.45) is 1.45. The van der Waals surface area contributed by atoms with Gasteiger partial charge >= 0.3 is 0 Å². The van der Waals surface area contributed by atoms with Gasteiger partial charge in [-0.15, -0.1) is 0 Å². The molecule has 1 rings (SSSR count). The van der Waals surface area contributed by atoms with Gasteiger partial charge in [-0.3, -0.25) is 4.79 Å². The van der Waals surface area contributed by atoms with Crippen LogP contribution in [0, 0.1) is 0 Å². The van der Waals surface area contributed by atoms with Crippen molar-refractivity contribution in [1.29, 1.82) is 0 Å². The van der Waals surface area contributed by atoms with Crippen LogP contribution < -0.4 is 0 Å². The first-order chi connectivity index (χ1) is 4.74. The lowest BCUT2D eigenvalue weighted by Crippen LogP contribution is -2.32. The maximum Gasteiger partial charge on any atom is 0.164 e. The van der Waals surface area contributed by atoms with Gasteiger partial charge in [-0.1, -0.05) is 0 Å². The Morgan fingerprint density at radius 3 is 2.90 bits per heavy atom. The molecule has 1 heterocycles. The van der Waals surface area contributed by atoms with Crippen LogP contribution >= 0.6 is 0 Å². The topological polar surface area (TPSA) is 40.5 Å². The summed E-state index contributed by atoms with van der Waals surface area (Å²) in [4.78, 5) is 12.9. The Morgan fingerprint density at radius 2 is 2.40 bits per heavy atom. The van der Waals surface area contributed by atoms with E-state index in [0.717, 1.165) is 12.8 Å². The van der Waals surface area contributed by atoms with Crippen LogP contribution in [0.3, 0.4) is 0 Å². The largest absolute Gasteiger partial charge is 0.515 e. The highest BCUT2D eigenvalue weighted by Crippen LogP contribution is 2.08. The zero-order chi connectivity index (χ0) is 7.56. The molecule has 1 saturated heterocycles. The summed E-state index contributed by atoms with van der Waals surface area (Å²) in [5, 5.41) is 8.57. The van der Waals surface area contributed by atoms with Gasteiger partial charge in [-0.05, 0) is 7.05 Å². The number of carbonyl (C=O) groups excluding carboxylic acids is 1. The fraction of sp³-hybridized carbons (Fsp3) is 0.571. The highest BCUT2D eigenvalue weighted by atomic mass is 16.2. The number of Topliss-reactive ketones (excluding diaryl/α,β-unsaturated/α-hetero) is 1. The average molecular weight is 141 g/mol. The predicted octanol–water partition coefficient (Wildman–Crippen LogP) is 0.333. The maximum atomic E-state index is 10.9. The fourth-order valence-electron chi connectivity index (χ4n) is 1.02. The average Bonchev–Trinajstić information content (AvgIpc) is 1.94. The Balaban J connectivity index is 2.63. The molecule has 1 aliphatic rings. The van der Waals surface area contributed by atoms with Crippen molar-refractivity contribution in [2.24, 2.45) is 0 Å². The number of ketones is 1. The zero-order valence-electron chi connectivity index (χ0n) is 6.00. The maximum absolute atomic E-state index is 10.9. The molecule has 3 nitrogen and oxygen atoms in total. The fourth-order valence-corrected chi connectivity index (χ4v) is 1.02. The molecule has 0 aromatic heterocycles. The van der Waals surface area contributed by atoms with Crippen molar-refractivity contribution in [3.05, 3.63) is 11.8 Å². The first-order valence-corrected chi connectivity index (χ1v) is 3.29. The molecule has 1 N–H and O–H groups in total. The highest BCUT2D eigenvalue weighted by molar-refractivity contribution is 5.96. The normalized spacial score (nSPS) is 25.7. The van der Waals surface area contributed by atoms with Crippen molar-refractivity contribution in [3.63, 3.8) is 0 Å². The van der Waals surface area contributed by atoms with Crippen LogP contribution in [0.2, 0.25) is 0 Å². The van der Waals surface area contributed by atoms with E-state index in [2.05, 4.69) is 0 Å². The molecule has 0 aliphatic carbocycles. The smallest absolute Gasteiger partial charge is 0.164 e. The van der Waals surface area contributed by atoms with Gasteiger partial charge in [0.05, 0.1) is 6.26 Å². The number of hydrogen-bond acceptors (Lipinski definition) is 3. The third kappa shape index (κ3) is 1.36.